The van der Waals surface area contributed by atoms with E-state index < -0.39 is 30.2 Å². The number of hydrogen-bond acceptors (Lipinski definition) is 4. The molecule has 1 fully saturated rings. The molecule has 1 aromatic heterocycles. The summed E-state index contributed by atoms with van der Waals surface area (Å²) in [5, 5.41) is 9.07. The van der Waals surface area contributed by atoms with Crippen LogP contribution in [0.2, 0.25) is 0 Å². The maximum atomic E-state index is 11.0. The van der Waals surface area contributed by atoms with Crippen LogP contribution in [-0.2, 0) is 14.1 Å². The van der Waals surface area contributed by atoms with Gasteiger partial charge in [-0.2, -0.15) is 0 Å². The van der Waals surface area contributed by atoms with E-state index in [4.69, 9.17) is 14.4 Å². The van der Waals surface area contributed by atoms with Gasteiger partial charge in [0.25, 0.3) is 0 Å². The zero-order valence-electron chi connectivity index (χ0n) is 12.5. The molecule has 1 N–H and O–H groups in total. The van der Waals surface area contributed by atoms with Gasteiger partial charge in [0.05, 0.1) is 17.1 Å². The predicted octanol–water partition coefficient (Wildman–Crippen LogP) is 1.57. The van der Waals surface area contributed by atoms with E-state index in [-0.39, 0.29) is 0 Å². The average Bonchev–Trinajstić information content (AvgIpc) is 2.57. The summed E-state index contributed by atoms with van der Waals surface area (Å²) in [5.74, 6) is -1.48. The standard InChI is InChI=1S/C14H20BNO4/c1-9(12(17)18)10-6-11(8-16-7-10)15-19-13(2,3)14(4,5)20-15/h6-9H,1-5H3,(H,17,18). The van der Waals surface area contributed by atoms with Gasteiger partial charge in [0, 0.05) is 17.9 Å². The van der Waals surface area contributed by atoms with Crippen molar-refractivity contribution in [3.8, 4) is 0 Å². The van der Waals surface area contributed by atoms with Gasteiger partial charge in [0.15, 0.2) is 0 Å². The average molecular weight is 277 g/mol. The number of hydrogen-bond donors (Lipinski definition) is 1. The number of aromatic nitrogens is 1. The van der Waals surface area contributed by atoms with Crippen LogP contribution in [-0.4, -0.2) is 34.4 Å². The van der Waals surface area contributed by atoms with Crippen LogP contribution in [0.4, 0.5) is 0 Å². The van der Waals surface area contributed by atoms with Crippen molar-refractivity contribution in [3.05, 3.63) is 24.0 Å². The number of nitrogens with zero attached hydrogens (tertiary/aromatic N) is 1. The van der Waals surface area contributed by atoms with Crippen LogP contribution in [0.5, 0.6) is 0 Å². The minimum atomic E-state index is -0.877. The molecule has 1 atom stereocenters. The van der Waals surface area contributed by atoms with Crippen molar-refractivity contribution in [1.29, 1.82) is 0 Å². The lowest BCUT2D eigenvalue weighted by atomic mass is 9.79. The van der Waals surface area contributed by atoms with E-state index in [9.17, 15) is 4.79 Å². The number of carboxylic acids is 1. The summed E-state index contributed by atoms with van der Waals surface area (Å²) in [7, 11) is -0.520. The van der Waals surface area contributed by atoms with Crippen molar-refractivity contribution < 1.29 is 19.2 Å². The molecule has 5 nitrogen and oxygen atoms in total. The lowest BCUT2D eigenvalue weighted by molar-refractivity contribution is -0.138. The van der Waals surface area contributed by atoms with E-state index in [1.54, 1.807) is 25.4 Å². The summed E-state index contributed by atoms with van der Waals surface area (Å²) >= 11 is 0. The molecular formula is C14H20BNO4. The number of rotatable bonds is 3. The van der Waals surface area contributed by atoms with E-state index in [2.05, 4.69) is 4.98 Å². The minimum Gasteiger partial charge on any atom is -0.481 e. The molecule has 1 aromatic rings. The zero-order chi connectivity index (χ0) is 15.1. The molecule has 0 spiro atoms. The van der Waals surface area contributed by atoms with E-state index in [1.807, 2.05) is 27.7 Å². The summed E-state index contributed by atoms with van der Waals surface area (Å²) in [4.78, 5) is 15.2. The Morgan fingerprint density at radius 3 is 2.30 bits per heavy atom. The van der Waals surface area contributed by atoms with E-state index in [0.29, 0.717) is 5.56 Å². The molecule has 0 aromatic carbocycles. The molecule has 6 heteroatoms. The highest BCUT2D eigenvalue weighted by Crippen LogP contribution is 2.36. The first-order valence-electron chi connectivity index (χ1n) is 6.67. The van der Waals surface area contributed by atoms with Crippen LogP contribution in [0.25, 0.3) is 0 Å². The van der Waals surface area contributed by atoms with Crippen LogP contribution < -0.4 is 5.46 Å². The number of aliphatic carboxylic acids is 1. The second-order valence-electron chi connectivity index (χ2n) is 6.20. The second kappa shape index (κ2) is 4.86. The molecule has 2 heterocycles. The molecule has 0 radical (unpaired) electrons. The summed E-state index contributed by atoms with van der Waals surface area (Å²) in [6, 6.07) is 1.79. The Morgan fingerprint density at radius 2 is 1.80 bits per heavy atom. The molecule has 108 valence electrons. The molecule has 0 saturated carbocycles. The fourth-order valence-corrected chi connectivity index (χ4v) is 1.96. The molecule has 20 heavy (non-hydrogen) atoms. The SMILES string of the molecule is CC(C(=O)O)c1cncc(B2OC(C)(C)C(C)(C)O2)c1. The van der Waals surface area contributed by atoms with E-state index in [1.165, 1.54) is 0 Å². The third kappa shape index (κ3) is 2.58. The van der Waals surface area contributed by atoms with Gasteiger partial charge in [0.1, 0.15) is 0 Å². The predicted molar refractivity (Wildman–Crippen MR) is 76.0 cm³/mol. The van der Waals surface area contributed by atoms with Gasteiger partial charge in [-0.1, -0.05) is 6.07 Å². The maximum absolute atomic E-state index is 11.0. The van der Waals surface area contributed by atoms with Gasteiger partial charge in [0.2, 0.25) is 0 Å². The highest BCUT2D eigenvalue weighted by atomic mass is 16.7. The van der Waals surface area contributed by atoms with Crippen LogP contribution in [0.1, 0.15) is 46.1 Å². The molecule has 0 aliphatic carbocycles. The van der Waals surface area contributed by atoms with Gasteiger partial charge in [-0.15, -0.1) is 0 Å². The van der Waals surface area contributed by atoms with E-state index in [0.717, 1.165) is 5.46 Å². The molecule has 2 rings (SSSR count). The Hall–Kier alpha value is -1.40. The highest BCUT2D eigenvalue weighted by molar-refractivity contribution is 6.62. The van der Waals surface area contributed by atoms with Gasteiger partial charge >= 0.3 is 13.1 Å². The second-order valence-corrected chi connectivity index (χ2v) is 6.20. The van der Waals surface area contributed by atoms with Crippen LogP contribution >= 0.6 is 0 Å². The van der Waals surface area contributed by atoms with Crippen molar-refractivity contribution >= 4 is 18.6 Å². The number of carbonyl (C=O) groups is 1. The maximum Gasteiger partial charge on any atom is 0.496 e. The van der Waals surface area contributed by atoms with Gasteiger partial charge in [-0.25, -0.2) is 0 Å². The van der Waals surface area contributed by atoms with Gasteiger partial charge < -0.3 is 14.4 Å². The van der Waals surface area contributed by atoms with Crippen LogP contribution in [0, 0.1) is 0 Å². The monoisotopic (exact) mass is 277 g/mol. The van der Waals surface area contributed by atoms with Gasteiger partial charge in [-0.3, -0.25) is 9.78 Å². The van der Waals surface area contributed by atoms with Crippen molar-refractivity contribution in [2.45, 2.75) is 51.7 Å². The van der Waals surface area contributed by atoms with E-state index >= 15 is 0 Å². The lowest BCUT2D eigenvalue weighted by Crippen LogP contribution is -2.41. The first-order valence-corrected chi connectivity index (χ1v) is 6.67. The fraction of sp³-hybridized carbons (Fsp3) is 0.571. The molecule has 1 aliphatic heterocycles. The lowest BCUT2D eigenvalue weighted by Gasteiger charge is -2.32. The van der Waals surface area contributed by atoms with Crippen LogP contribution in [0.15, 0.2) is 18.5 Å². The Kier molecular flexibility index (Phi) is 3.65. The summed E-state index contributed by atoms with van der Waals surface area (Å²) in [6.45, 7) is 9.54. The fourth-order valence-electron chi connectivity index (χ4n) is 1.96. The first kappa shape index (κ1) is 15.0. The third-order valence-electron chi connectivity index (χ3n) is 4.18. The van der Waals surface area contributed by atoms with Gasteiger partial charge in [-0.05, 0) is 40.2 Å². The Bertz CT molecular complexity index is 514. The Labute approximate surface area is 119 Å². The first-order chi connectivity index (χ1) is 9.14. The molecule has 0 amide bonds. The van der Waals surface area contributed by atoms with Crippen molar-refractivity contribution in [1.82, 2.24) is 4.98 Å². The highest BCUT2D eigenvalue weighted by Gasteiger charge is 2.51. The number of carboxylic acid groups (broad SMARTS) is 1. The Balaban J connectivity index is 2.28. The van der Waals surface area contributed by atoms with Crippen molar-refractivity contribution in [2.24, 2.45) is 0 Å². The molecule has 1 aliphatic rings. The Morgan fingerprint density at radius 1 is 1.25 bits per heavy atom. The normalized spacial score (nSPS) is 21.8. The molecule has 1 saturated heterocycles. The third-order valence-corrected chi connectivity index (χ3v) is 4.18. The molecule has 1 unspecified atom stereocenters. The minimum absolute atomic E-state index is 0.425. The molecule has 0 bridgehead atoms. The summed E-state index contributed by atoms with van der Waals surface area (Å²) < 4.78 is 11.9. The molecular weight excluding hydrogens is 257 g/mol. The van der Waals surface area contributed by atoms with Crippen molar-refractivity contribution in [2.75, 3.05) is 0 Å². The summed E-state index contributed by atoms with van der Waals surface area (Å²) in [5.41, 5.74) is 0.539. The summed E-state index contributed by atoms with van der Waals surface area (Å²) in [6.07, 6.45) is 3.22. The topological polar surface area (TPSA) is 68.7 Å². The van der Waals surface area contributed by atoms with Crippen LogP contribution in [0.3, 0.4) is 0 Å². The zero-order valence-corrected chi connectivity index (χ0v) is 12.5. The quantitative estimate of drug-likeness (QED) is 0.849. The van der Waals surface area contributed by atoms with Crippen molar-refractivity contribution in [3.63, 3.8) is 0 Å². The smallest absolute Gasteiger partial charge is 0.481 e. The number of pyridine rings is 1. The largest absolute Gasteiger partial charge is 0.496 e.